The summed E-state index contributed by atoms with van der Waals surface area (Å²) in [5, 5.41) is 3.37. The van der Waals surface area contributed by atoms with E-state index in [1.54, 1.807) is 19.5 Å². The molecular weight excluding hydrogens is 166 g/mol. The van der Waals surface area contributed by atoms with E-state index < -0.39 is 0 Å². The van der Waals surface area contributed by atoms with Crippen LogP contribution in [0.2, 0.25) is 0 Å². The molecule has 1 saturated heterocycles. The van der Waals surface area contributed by atoms with Crippen LogP contribution in [0, 0.1) is 0 Å². The second-order valence-corrected chi connectivity index (χ2v) is 3.10. The third-order valence-corrected chi connectivity index (χ3v) is 2.27. The largest absolute Gasteiger partial charge is 0.480 e. The summed E-state index contributed by atoms with van der Waals surface area (Å²) < 4.78 is 5.14. The second kappa shape index (κ2) is 3.70. The van der Waals surface area contributed by atoms with Gasteiger partial charge in [-0.3, -0.25) is 4.98 Å². The number of ether oxygens (including phenoxy) is 1. The Balaban J connectivity index is 2.26. The van der Waals surface area contributed by atoms with E-state index >= 15 is 0 Å². The third-order valence-electron chi connectivity index (χ3n) is 2.27. The monoisotopic (exact) mass is 179 g/mol. The van der Waals surface area contributed by atoms with E-state index in [1.165, 1.54) is 6.42 Å². The molecule has 0 bridgehead atoms. The number of methoxy groups -OCH3 is 1. The van der Waals surface area contributed by atoms with Gasteiger partial charge >= 0.3 is 0 Å². The summed E-state index contributed by atoms with van der Waals surface area (Å²) in [6.07, 6.45) is 5.68. The predicted molar refractivity (Wildman–Crippen MR) is 48.6 cm³/mol. The molecule has 70 valence electrons. The van der Waals surface area contributed by atoms with Gasteiger partial charge in [0, 0.05) is 12.4 Å². The van der Waals surface area contributed by atoms with E-state index in [4.69, 9.17) is 4.74 Å². The predicted octanol–water partition coefficient (Wildman–Crippen LogP) is 0.910. The van der Waals surface area contributed by atoms with Crippen molar-refractivity contribution in [2.75, 3.05) is 13.7 Å². The lowest BCUT2D eigenvalue weighted by molar-refractivity contribution is 0.381. The minimum atomic E-state index is 0.323. The highest BCUT2D eigenvalue weighted by molar-refractivity contribution is 5.21. The maximum Gasteiger partial charge on any atom is 0.236 e. The van der Waals surface area contributed by atoms with Gasteiger partial charge in [-0.1, -0.05) is 0 Å². The molecule has 1 unspecified atom stereocenters. The minimum Gasteiger partial charge on any atom is -0.480 e. The quantitative estimate of drug-likeness (QED) is 0.733. The van der Waals surface area contributed by atoms with Gasteiger partial charge in [-0.15, -0.1) is 0 Å². The molecule has 1 aromatic heterocycles. The first-order valence-corrected chi connectivity index (χ1v) is 4.50. The van der Waals surface area contributed by atoms with E-state index in [-0.39, 0.29) is 0 Å². The van der Waals surface area contributed by atoms with Gasteiger partial charge in [-0.05, 0) is 19.4 Å². The molecular formula is C9H13N3O. The maximum absolute atomic E-state index is 5.14. The third kappa shape index (κ3) is 1.62. The van der Waals surface area contributed by atoms with E-state index in [2.05, 4.69) is 15.3 Å². The lowest BCUT2D eigenvalue weighted by Gasteiger charge is -2.11. The average molecular weight is 179 g/mol. The molecule has 0 saturated carbocycles. The van der Waals surface area contributed by atoms with Crippen molar-refractivity contribution < 1.29 is 4.74 Å². The molecule has 2 heterocycles. The molecule has 0 spiro atoms. The highest BCUT2D eigenvalue weighted by Gasteiger charge is 2.21. The molecule has 2 rings (SSSR count). The summed E-state index contributed by atoms with van der Waals surface area (Å²) in [5.74, 6) is 0.641. The van der Waals surface area contributed by atoms with Crippen molar-refractivity contribution in [1.82, 2.24) is 15.3 Å². The lowest BCUT2D eigenvalue weighted by atomic mass is 10.1. The summed E-state index contributed by atoms with van der Waals surface area (Å²) in [5.41, 5.74) is 0.933. The Hall–Kier alpha value is -1.16. The van der Waals surface area contributed by atoms with Crippen molar-refractivity contribution in [2.24, 2.45) is 0 Å². The van der Waals surface area contributed by atoms with Crippen LogP contribution < -0.4 is 10.1 Å². The highest BCUT2D eigenvalue weighted by atomic mass is 16.5. The standard InChI is InChI=1S/C9H13N3O/c1-13-9-8(11-5-6-12-9)7-3-2-4-10-7/h5-7,10H,2-4H2,1H3. The average Bonchev–Trinajstić information content (AvgIpc) is 2.70. The van der Waals surface area contributed by atoms with E-state index in [9.17, 15) is 0 Å². The molecule has 0 amide bonds. The van der Waals surface area contributed by atoms with E-state index in [0.29, 0.717) is 11.9 Å². The topological polar surface area (TPSA) is 47.0 Å². The fourth-order valence-corrected chi connectivity index (χ4v) is 1.65. The van der Waals surface area contributed by atoms with Crippen molar-refractivity contribution in [2.45, 2.75) is 18.9 Å². The molecule has 4 heteroatoms. The van der Waals surface area contributed by atoms with Gasteiger partial charge < -0.3 is 10.1 Å². The van der Waals surface area contributed by atoms with Crippen LogP contribution in [0.5, 0.6) is 5.88 Å². The van der Waals surface area contributed by atoms with Crippen LogP contribution in [0.3, 0.4) is 0 Å². The molecule has 0 radical (unpaired) electrons. The van der Waals surface area contributed by atoms with E-state index in [1.807, 2.05) is 0 Å². The molecule has 1 N–H and O–H groups in total. The summed E-state index contributed by atoms with van der Waals surface area (Å²) >= 11 is 0. The number of nitrogens with one attached hydrogen (secondary N) is 1. The Morgan fingerprint density at radius 2 is 2.31 bits per heavy atom. The molecule has 1 aliphatic rings. The van der Waals surface area contributed by atoms with Crippen LogP contribution in [0.15, 0.2) is 12.4 Å². The molecule has 0 aliphatic carbocycles. The van der Waals surface area contributed by atoms with Gasteiger partial charge in [0.2, 0.25) is 5.88 Å². The van der Waals surface area contributed by atoms with Crippen molar-refractivity contribution >= 4 is 0 Å². The van der Waals surface area contributed by atoms with Crippen molar-refractivity contribution in [3.63, 3.8) is 0 Å². The van der Waals surface area contributed by atoms with Crippen molar-refractivity contribution in [3.8, 4) is 5.88 Å². The lowest BCUT2D eigenvalue weighted by Crippen LogP contribution is -2.15. The first-order chi connectivity index (χ1) is 6.42. The Labute approximate surface area is 77.4 Å². The number of aromatic nitrogens is 2. The van der Waals surface area contributed by atoms with Gasteiger partial charge in [-0.2, -0.15) is 0 Å². The summed E-state index contributed by atoms with van der Waals surface area (Å²) in [6, 6.07) is 0.323. The van der Waals surface area contributed by atoms with Crippen LogP contribution in [0.1, 0.15) is 24.6 Å². The summed E-state index contributed by atoms with van der Waals surface area (Å²) in [6.45, 7) is 1.06. The van der Waals surface area contributed by atoms with Crippen LogP contribution in [-0.4, -0.2) is 23.6 Å². The Morgan fingerprint density at radius 3 is 3.00 bits per heavy atom. The second-order valence-electron chi connectivity index (χ2n) is 3.10. The Kier molecular flexibility index (Phi) is 2.40. The minimum absolute atomic E-state index is 0.323. The fraction of sp³-hybridized carbons (Fsp3) is 0.556. The first kappa shape index (κ1) is 8.44. The van der Waals surface area contributed by atoms with Gasteiger partial charge in [0.15, 0.2) is 0 Å². The fourth-order valence-electron chi connectivity index (χ4n) is 1.65. The molecule has 1 aromatic rings. The molecule has 1 fully saturated rings. The zero-order valence-corrected chi connectivity index (χ0v) is 7.66. The Bertz CT molecular complexity index is 284. The highest BCUT2D eigenvalue weighted by Crippen LogP contribution is 2.26. The zero-order chi connectivity index (χ0) is 9.10. The molecule has 0 aromatic carbocycles. The summed E-state index contributed by atoms with van der Waals surface area (Å²) in [4.78, 5) is 8.40. The van der Waals surface area contributed by atoms with Crippen LogP contribution in [0.25, 0.3) is 0 Å². The first-order valence-electron chi connectivity index (χ1n) is 4.50. The maximum atomic E-state index is 5.14. The normalized spacial score (nSPS) is 21.8. The van der Waals surface area contributed by atoms with Gasteiger partial charge in [0.25, 0.3) is 0 Å². The molecule has 13 heavy (non-hydrogen) atoms. The number of hydrogen-bond donors (Lipinski definition) is 1. The van der Waals surface area contributed by atoms with Crippen LogP contribution in [0.4, 0.5) is 0 Å². The van der Waals surface area contributed by atoms with Gasteiger partial charge in [0.05, 0.1) is 13.2 Å². The zero-order valence-electron chi connectivity index (χ0n) is 7.66. The number of nitrogens with zero attached hydrogens (tertiary/aromatic N) is 2. The molecule has 1 atom stereocenters. The van der Waals surface area contributed by atoms with E-state index in [0.717, 1.165) is 18.7 Å². The van der Waals surface area contributed by atoms with Crippen molar-refractivity contribution in [3.05, 3.63) is 18.1 Å². The number of hydrogen-bond acceptors (Lipinski definition) is 4. The SMILES string of the molecule is COc1nccnc1C1CCCN1. The molecule has 4 nitrogen and oxygen atoms in total. The smallest absolute Gasteiger partial charge is 0.236 e. The van der Waals surface area contributed by atoms with Gasteiger partial charge in [0.1, 0.15) is 5.69 Å². The van der Waals surface area contributed by atoms with Crippen molar-refractivity contribution in [1.29, 1.82) is 0 Å². The van der Waals surface area contributed by atoms with Gasteiger partial charge in [-0.25, -0.2) is 4.98 Å². The summed E-state index contributed by atoms with van der Waals surface area (Å²) in [7, 11) is 1.63. The van der Waals surface area contributed by atoms with Crippen LogP contribution in [-0.2, 0) is 0 Å². The molecule has 1 aliphatic heterocycles. The Morgan fingerprint density at radius 1 is 1.46 bits per heavy atom. The number of rotatable bonds is 2. The van der Waals surface area contributed by atoms with Crippen LogP contribution >= 0.6 is 0 Å².